The molecule has 1 aromatic heterocycles. The highest BCUT2D eigenvalue weighted by Gasteiger charge is 2.17. The van der Waals surface area contributed by atoms with Gasteiger partial charge in [-0.1, -0.05) is 13.8 Å². The minimum atomic E-state index is 0.343. The Bertz CT molecular complexity index is 375. The first-order valence-electron chi connectivity index (χ1n) is 6.14. The van der Waals surface area contributed by atoms with Crippen LogP contribution in [0.2, 0.25) is 0 Å². The van der Waals surface area contributed by atoms with Crippen LogP contribution in [0.1, 0.15) is 38.2 Å². The summed E-state index contributed by atoms with van der Waals surface area (Å²) in [7, 11) is 0. The Balaban J connectivity index is 2.06. The Morgan fingerprint density at radius 2 is 2.35 bits per heavy atom. The molecule has 4 nitrogen and oxygen atoms in total. The van der Waals surface area contributed by atoms with Crippen LogP contribution in [-0.4, -0.2) is 27.5 Å². The first-order valence-corrected chi connectivity index (χ1v) is 7.19. The number of nitrogens with one attached hydrogen (secondary N) is 1. The van der Waals surface area contributed by atoms with Gasteiger partial charge in [-0.05, 0) is 24.5 Å². The summed E-state index contributed by atoms with van der Waals surface area (Å²) >= 11 is 2.04. The Kier molecular flexibility index (Phi) is 4.10. The number of aromatic nitrogens is 2. The quantitative estimate of drug-likeness (QED) is 0.862. The molecule has 1 aliphatic heterocycles. The number of thioether (sulfide) groups is 1. The van der Waals surface area contributed by atoms with Crippen LogP contribution in [0.5, 0.6) is 0 Å². The predicted octanol–water partition coefficient (Wildman–Crippen LogP) is 2.49. The third kappa shape index (κ3) is 3.03. The van der Waals surface area contributed by atoms with Crippen molar-refractivity contribution in [3.63, 3.8) is 0 Å². The number of hydrogen-bond acceptors (Lipinski definition) is 5. The number of anilines is 2. The second-order valence-corrected chi connectivity index (χ2v) is 6.10. The Labute approximate surface area is 107 Å². The number of nitrogen functional groups attached to an aromatic ring is 1. The summed E-state index contributed by atoms with van der Waals surface area (Å²) in [6.07, 6.45) is 4.17. The van der Waals surface area contributed by atoms with Gasteiger partial charge in [-0.2, -0.15) is 11.8 Å². The second kappa shape index (κ2) is 5.58. The standard InChI is InChI=1S/C12H20N4S/c1-8(2)10-11(13)15-7-16-12(10)14-6-9-4-3-5-17-9/h7-9H,3-6H2,1-2H3,(H3,13,14,15,16). The van der Waals surface area contributed by atoms with Crippen molar-refractivity contribution in [3.05, 3.63) is 11.9 Å². The lowest BCUT2D eigenvalue weighted by Gasteiger charge is -2.16. The third-order valence-electron chi connectivity index (χ3n) is 3.01. The molecule has 0 aromatic carbocycles. The summed E-state index contributed by atoms with van der Waals surface area (Å²) in [5, 5.41) is 4.14. The van der Waals surface area contributed by atoms with Crippen molar-refractivity contribution in [3.8, 4) is 0 Å². The largest absolute Gasteiger partial charge is 0.383 e. The van der Waals surface area contributed by atoms with Gasteiger partial charge in [0.25, 0.3) is 0 Å². The third-order valence-corrected chi connectivity index (χ3v) is 4.41. The summed E-state index contributed by atoms with van der Waals surface area (Å²) in [6.45, 7) is 5.20. The van der Waals surface area contributed by atoms with E-state index in [1.54, 1.807) is 0 Å². The van der Waals surface area contributed by atoms with Gasteiger partial charge in [-0.15, -0.1) is 0 Å². The predicted molar refractivity (Wildman–Crippen MR) is 74.5 cm³/mol. The molecule has 1 atom stereocenters. The molecular formula is C12H20N4S. The second-order valence-electron chi connectivity index (χ2n) is 4.69. The molecule has 1 saturated heterocycles. The fraction of sp³-hybridized carbons (Fsp3) is 0.667. The highest BCUT2D eigenvalue weighted by atomic mass is 32.2. The van der Waals surface area contributed by atoms with Crippen LogP contribution in [0.3, 0.4) is 0 Å². The van der Waals surface area contributed by atoms with Gasteiger partial charge in [0, 0.05) is 17.4 Å². The Hall–Kier alpha value is -0.970. The van der Waals surface area contributed by atoms with Crippen LogP contribution in [0.25, 0.3) is 0 Å². The smallest absolute Gasteiger partial charge is 0.135 e. The fourth-order valence-corrected chi connectivity index (χ4v) is 3.34. The lowest BCUT2D eigenvalue weighted by molar-refractivity contribution is 0.795. The van der Waals surface area contributed by atoms with E-state index < -0.39 is 0 Å². The first kappa shape index (κ1) is 12.5. The van der Waals surface area contributed by atoms with Gasteiger partial charge in [-0.25, -0.2) is 9.97 Å². The van der Waals surface area contributed by atoms with E-state index in [4.69, 9.17) is 5.73 Å². The zero-order chi connectivity index (χ0) is 12.3. The van der Waals surface area contributed by atoms with Gasteiger partial charge in [0.2, 0.25) is 0 Å². The highest BCUT2D eigenvalue weighted by Crippen LogP contribution is 2.29. The van der Waals surface area contributed by atoms with Gasteiger partial charge < -0.3 is 11.1 Å². The zero-order valence-corrected chi connectivity index (χ0v) is 11.3. The maximum absolute atomic E-state index is 5.91. The molecule has 0 amide bonds. The van der Waals surface area contributed by atoms with Gasteiger partial charge in [0.05, 0.1) is 0 Å². The maximum atomic E-state index is 5.91. The summed E-state index contributed by atoms with van der Waals surface area (Å²) in [5.41, 5.74) is 6.95. The Morgan fingerprint density at radius 1 is 1.53 bits per heavy atom. The molecule has 1 aliphatic rings. The molecule has 2 heterocycles. The number of rotatable bonds is 4. The number of hydrogen-bond donors (Lipinski definition) is 2. The zero-order valence-electron chi connectivity index (χ0n) is 10.4. The van der Waals surface area contributed by atoms with Crippen LogP contribution in [0.15, 0.2) is 6.33 Å². The minimum absolute atomic E-state index is 0.343. The Morgan fingerprint density at radius 3 is 3.00 bits per heavy atom. The van der Waals surface area contributed by atoms with Gasteiger partial charge in [0.1, 0.15) is 18.0 Å². The van der Waals surface area contributed by atoms with Crippen LogP contribution in [0.4, 0.5) is 11.6 Å². The lowest BCUT2D eigenvalue weighted by atomic mass is 10.0. The number of nitrogens with zero attached hydrogens (tertiary/aromatic N) is 2. The highest BCUT2D eigenvalue weighted by molar-refractivity contribution is 8.00. The van der Waals surface area contributed by atoms with Crippen LogP contribution < -0.4 is 11.1 Å². The van der Waals surface area contributed by atoms with E-state index >= 15 is 0 Å². The summed E-state index contributed by atoms with van der Waals surface area (Å²) in [5.74, 6) is 3.13. The SMILES string of the molecule is CC(C)c1c(N)ncnc1NCC1CCCS1. The van der Waals surface area contributed by atoms with E-state index in [0.29, 0.717) is 17.0 Å². The van der Waals surface area contributed by atoms with Gasteiger partial charge in [0.15, 0.2) is 0 Å². The summed E-state index contributed by atoms with van der Waals surface area (Å²) < 4.78 is 0. The normalized spacial score (nSPS) is 19.8. The average molecular weight is 252 g/mol. The van der Waals surface area contributed by atoms with E-state index in [1.807, 2.05) is 11.8 Å². The molecule has 1 fully saturated rings. The molecule has 0 aliphatic carbocycles. The van der Waals surface area contributed by atoms with Gasteiger partial charge in [-0.3, -0.25) is 0 Å². The van der Waals surface area contributed by atoms with Crippen molar-refractivity contribution in [2.75, 3.05) is 23.3 Å². The maximum Gasteiger partial charge on any atom is 0.135 e. The van der Waals surface area contributed by atoms with E-state index in [2.05, 4.69) is 29.1 Å². The molecule has 0 radical (unpaired) electrons. The molecule has 5 heteroatoms. The molecule has 1 unspecified atom stereocenters. The van der Waals surface area contributed by atoms with E-state index in [1.165, 1.54) is 24.9 Å². The van der Waals surface area contributed by atoms with Crippen LogP contribution in [-0.2, 0) is 0 Å². The molecular weight excluding hydrogens is 232 g/mol. The molecule has 0 saturated carbocycles. The molecule has 0 spiro atoms. The van der Waals surface area contributed by atoms with Crippen LogP contribution in [0, 0.1) is 0 Å². The first-order chi connectivity index (χ1) is 8.18. The molecule has 1 aromatic rings. The van der Waals surface area contributed by atoms with Crippen LogP contribution >= 0.6 is 11.8 Å². The average Bonchev–Trinajstić information content (AvgIpc) is 2.78. The molecule has 0 bridgehead atoms. The monoisotopic (exact) mass is 252 g/mol. The lowest BCUT2D eigenvalue weighted by Crippen LogP contribution is -2.17. The molecule has 17 heavy (non-hydrogen) atoms. The van der Waals surface area contributed by atoms with Crippen molar-refractivity contribution < 1.29 is 0 Å². The van der Waals surface area contributed by atoms with Crippen molar-refractivity contribution in [2.24, 2.45) is 0 Å². The van der Waals surface area contributed by atoms with Crippen molar-refractivity contribution in [1.29, 1.82) is 0 Å². The fourth-order valence-electron chi connectivity index (χ4n) is 2.14. The molecule has 94 valence electrons. The van der Waals surface area contributed by atoms with E-state index in [9.17, 15) is 0 Å². The number of nitrogens with two attached hydrogens (primary N) is 1. The van der Waals surface area contributed by atoms with Crippen molar-refractivity contribution in [2.45, 2.75) is 37.9 Å². The van der Waals surface area contributed by atoms with E-state index in [0.717, 1.165) is 17.9 Å². The molecule has 3 N–H and O–H groups in total. The van der Waals surface area contributed by atoms with E-state index in [-0.39, 0.29) is 0 Å². The van der Waals surface area contributed by atoms with Crippen molar-refractivity contribution in [1.82, 2.24) is 9.97 Å². The minimum Gasteiger partial charge on any atom is -0.383 e. The summed E-state index contributed by atoms with van der Waals surface area (Å²) in [6, 6.07) is 0. The van der Waals surface area contributed by atoms with Gasteiger partial charge >= 0.3 is 0 Å². The molecule has 2 rings (SSSR count). The summed E-state index contributed by atoms with van der Waals surface area (Å²) in [4.78, 5) is 8.37. The topological polar surface area (TPSA) is 63.8 Å². The van der Waals surface area contributed by atoms with Crippen molar-refractivity contribution >= 4 is 23.4 Å².